The van der Waals surface area contributed by atoms with Crippen molar-refractivity contribution < 1.29 is 13.2 Å². The molecular formula is C10H12F3N3. The van der Waals surface area contributed by atoms with Gasteiger partial charge < -0.3 is 5.73 Å². The fraction of sp³-hybridized carbons (Fsp3) is 0.600. The molecule has 0 aliphatic heterocycles. The summed E-state index contributed by atoms with van der Waals surface area (Å²) in [7, 11) is 0. The Kier molecular flexibility index (Phi) is 2.61. The molecule has 0 radical (unpaired) electrons. The molecule has 88 valence electrons. The molecule has 0 aromatic carbocycles. The lowest BCUT2D eigenvalue weighted by Gasteiger charge is -2.23. The molecule has 3 nitrogen and oxygen atoms in total. The first kappa shape index (κ1) is 11.3. The van der Waals surface area contributed by atoms with Crippen LogP contribution in [0.3, 0.4) is 0 Å². The Bertz CT molecular complexity index is 366. The van der Waals surface area contributed by atoms with Crippen molar-refractivity contribution in [2.75, 3.05) is 0 Å². The highest BCUT2D eigenvalue weighted by atomic mass is 19.4. The van der Waals surface area contributed by atoms with Crippen LogP contribution in [0.1, 0.15) is 37.1 Å². The third-order valence-corrected chi connectivity index (χ3v) is 2.98. The van der Waals surface area contributed by atoms with Crippen molar-refractivity contribution in [3.8, 4) is 0 Å². The molecule has 2 rings (SSSR count). The summed E-state index contributed by atoms with van der Waals surface area (Å²) in [5.41, 5.74) is 6.14. The molecule has 0 saturated heterocycles. The van der Waals surface area contributed by atoms with E-state index in [2.05, 4.69) is 9.97 Å². The molecule has 1 aliphatic rings. The van der Waals surface area contributed by atoms with Crippen molar-refractivity contribution >= 4 is 0 Å². The van der Waals surface area contributed by atoms with Gasteiger partial charge in [-0.15, -0.1) is 0 Å². The van der Waals surface area contributed by atoms with E-state index >= 15 is 0 Å². The van der Waals surface area contributed by atoms with Gasteiger partial charge in [-0.1, -0.05) is 12.8 Å². The average Bonchev–Trinajstić information content (AvgIpc) is 2.66. The molecule has 1 saturated carbocycles. The summed E-state index contributed by atoms with van der Waals surface area (Å²) in [5.74, 6) is -1.11. The lowest BCUT2D eigenvalue weighted by atomic mass is 9.92. The van der Waals surface area contributed by atoms with Crippen LogP contribution >= 0.6 is 0 Å². The number of nitrogens with zero attached hydrogens (tertiary/aromatic N) is 2. The number of alkyl halides is 3. The lowest BCUT2D eigenvalue weighted by molar-refractivity contribution is -0.145. The summed E-state index contributed by atoms with van der Waals surface area (Å²) >= 11 is 0. The molecule has 0 bridgehead atoms. The number of rotatable bonds is 1. The second-order valence-electron chi connectivity index (χ2n) is 4.16. The average molecular weight is 231 g/mol. The van der Waals surface area contributed by atoms with Crippen molar-refractivity contribution in [2.45, 2.75) is 37.4 Å². The maximum atomic E-state index is 12.2. The van der Waals surface area contributed by atoms with E-state index in [1.807, 2.05) is 0 Å². The number of nitrogens with two attached hydrogens (primary N) is 1. The second kappa shape index (κ2) is 3.69. The summed E-state index contributed by atoms with van der Waals surface area (Å²) in [6, 6.07) is 0. The van der Waals surface area contributed by atoms with Gasteiger partial charge in [-0.3, -0.25) is 0 Å². The normalized spacial score (nSPS) is 20.0. The van der Waals surface area contributed by atoms with Crippen LogP contribution in [0.4, 0.5) is 13.2 Å². The zero-order chi connectivity index (χ0) is 11.8. The molecule has 0 atom stereocenters. The van der Waals surface area contributed by atoms with Gasteiger partial charge in [0.2, 0.25) is 5.82 Å². The lowest BCUT2D eigenvalue weighted by Crippen LogP contribution is -2.33. The number of hydrogen-bond donors (Lipinski definition) is 1. The molecule has 0 unspecified atom stereocenters. The van der Waals surface area contributed by atoms with Gasteiger partial charge in [-0.05, 0) is 12.8 Å². The molecule has 0 spiro atoms. The monoisotopic (exact) mass is 231 g/mol. The predicted molar refractivity (Wildman–Crippen MR) is 51.4 cm³/mol. The zero-order valence-electron chi connectivity index (χ0n) is 8.59. The van der Waals surface area contributed by atoms with E-state index in [0.717, 1.165) is 25.7 Å². The Hall–Kier alpha value is -1.17. The quantitative estimate of drug-likeness (QED) is 0.806. The molecule has 16 heavy (non-hydrogen) atoms. The van der Waals surface area contributed by atoms with Crippen LogP contribution < -0.4 is 5.73 Å². The van der Waals surface area contributed by atoms with Crippen LogP contribution in [0.2, 0.25) is 0 Å². The number of aromatic nitrogens is 2. The molecule has 2 N–H and O–H groups in total. The third kappa shape index (κ3) is 2.02. The Morgan fingerprint density at radius 2 is 1.62 bits per heavy atom. The van der Waals surface area contributed by atoms with Crippen LogP contribution in [-0.4, -0.2) is 9.97 Å². The topological polar surface area (TPSA) is 51.8 Å². The summed E-state index contributed by atoms with van der Waals surface area (Å²) in [6.45, 7) is 0. The van der Waals surface area contributed by atoms with E-state index in [1.54, 1.807) is 0 Å². The van der Waals surface area contributed by atoms with Gasteiger partial charge in [0.15, 0.2) is 0 Å². The number of halogens is 3. The van der Waals surface area contributed by atoms with Gasteiger partial charge in [0.05, 0.1) is 0 Å². The van der Waals surface area contributed by atoms with Crippen molar-refractivity contribution in [2.24, 2.45) is 5.73 Å². The Labute approximate surface area is 90.9 Å². The SMILES string of the molecule is NC1(c2cnc(C(F)(F)F)nc2)CCCC1. The fourth-order valence-electron chi connectivity index (χ4n) is 2.03. The van der Waals surface area contributed by atoms with Crippen LogP contribution in [0.5, 0.6) is 0 Å². The first-order valence-electron chi connectivity index (χ1n) is 5.10. The maximum Gasteiger partial charge on any atom is 0.451 e. The van der Waals surface area contributed by atoms with Gasteiger partial charge in [-0.2, -0.15) is 13.2 Å². The molecule has 1 fully saturated rings. The summed E-state index contributed by atoms with van der Waals surface area (Å²) < 4.78 is 36.7. The van der Waals surface area contributed by atoms with Crippen LogP contribution in [-0.2, 0) is 11.7 Å². The minimum Gasteiger partial charge on any atom is -0.321 e. The molecule has 1 aromatic rings. The van der Waals surface area contributed by atoms with E-state index in [1.165, 1.54) is 12.4 Å². The highest BCUT2D eigenvalue weighted by Crippen LogP contribution is 2.36. The standard InChI is InChI=1S/C10H12F3N3/c11-10(12,13)8-15-5-7(6-16-8)9(14)3-1-2-4-9/h5-6H,1-4,14H2. The van der Waals surface area contributed by atoms with Crippen molar-refractivity contribution in [3.05, 3.63) is 23.8 Å². The molecular weight excluding hydrogens is 219 g/mol. The van der Waals surface area contributed by atoms with Gasteiger partial charge in [0.1, 0.15) is 0 Å². The van der Waals surface area contributed by atoms with E-state index in [0.29, 0.717) is 5.56 Å². The fourth-order valence-corrected chi connectivity index (χ4v) is 2.03. The molecule has 6 heteroatoms. The molecule has 0 amide bonds. The molecule has 1 aromatic heterocycles. The van der Waals surface area contributed by atoms with E-state index in [9.17, 15) is 13.2 Å². The van der Waals surface area contributed by atoms with Gasteiger partial charge >= 0.3 is 6.18 Å². The third-order valence-electron chi connectivity index (χ3n) is 2.98. The summed E-state index contributed by atoms with van der Waals surface area (Å²) in [4.78, 5) is 6.65. The van der Waals surface area contributed by atoms with Gasteiger partial charge in [-0.25, -0.2) is 9.97 Å². The minimum absolute atomic E-state index is 0.538. The summed E-state index contributed by atoms with van der Waals surface area (Å²) in [6.07, 6.45) is 1.46. The predicted octanol–water partition coefficient (Wildman–Crippen LogP) is 2.22. The second-order valence-corrected chi connectivity index (χ2v) is 4.16. The minimum atomic E-state index is -4.49. The van der Waals surface area contributed by atoms with Gasteiger partial charge in [0.25, 0.3) is 0 Å². The Morgan fingerprint density at radius 1 is 1.12 bits per heavy atom. The Morgan fingerprint density at radius 3 is 2.06 bits per heavy atom. The highest BCUT2D eigenvalue weighted by molar-refractivity contribution is 5.19. The first-order chi connectivity index (χ1) is 7.42. The smallest absolute Gasteiger partial charge is 0.321 e. The largest absolute Gasteiger partial charge is 0.451 e. The van der Waals surface area contributed by atoms with Gasteiger partial charge in [0, 0.05) is 23.5 Å². The molecule has 1 aliphatic carbocycles. The highest BCUT2D eigenvalue weighted by Gasteiger charge is 2.36. The first-order valence-corrected chi connectivity index (χ1v) is 5.10. The maximum absolute atomic E-state index is 12.2. The van der Waals surface area contributed by atoms with E-state index in [4.69, 9.17) is 5.73 Å². The van der Waals surface area contributed by atoms with E-state index in [-0.39, 0.29) is 0 Å². The van der Waals surface area contributed by atoms with Crippen LogP contribution in [0, 0.1) is 0 Å². The van der Waals surface area contributed by atoms with Crippen molar-refractivity contribution in [1.29, 1.82) is 0 Å². The van der Waals surface area contributed by atoms with Crippen molar-refractivity contribution in [3.63, 3.8) is 0 Å². The van der Waals surface area contributed by atoms with Crippen LogP contribution in [0.15, 0.2) is 12.4 Å². The number of hydrogen-bond acceptors (Lipinski definition) is 3. The molecule has 1 heterocycles. The Balaban J connectivity index is 2.26. The van der Waals surface area contributed by atoms with E-state index < -0.39 is 17.5 Å². The van der Waals surface area contributed by atoms with Crippen molar-refractivity contribution in [1.82, 2.24) is 9.97 Å². The zero-order valence-corrected chi connectivity index (χ0v) is 8.59. The van der Waals surface area contributed by atoms with Crippen LogP contribution in [0.25, 0.3) is 0 Å². The summed E-state index contributed by atoms with van der Waals surface area (Å²) in [5, 5.41) is 0.